The highest BCUT2D eigenvalue weighted by Crippen LogP contribution is 2.49. The number of methoxy groups -OCH3 is 1. The van der Waals surface area contributed by atoms with Crippen molar-refractivity contribution in [1.29, 1.82) is 0 Å². The van der Waals surface area contributed by atoms with E-state index < -0.39 is 11.4 Å². The summed E-state index contributed by atoms with van der Waals surface area (Å²) in [6.07, 6.45) is 1.58. The van der Waals surface area contributed by atoms with Crippen LogP contribution in [0.2, 0.25) is 0 Å². The molecule has 120 valence electrons. The summed E-state index contributed by atoms with van der Waals surface area (Å²) in [6.45, 7) is 1.68. The minimum absolute atomic E-state index is 0.00521. The van der Waals surface area contributed by atoms with Gasteiger partial charge in [-0.3, -0.25) is 4.79 Å². The number of ether oxygens (including phenoxy) is 2. The van der Waals surface area contributed by atoms with Crippen LogP contribution in [0.15, 0.2) is 40.8 Å². The second-order valence-electron chi connectivity index (χ2n) is 5.70. The lowest BCUT2D eigenvalue weighted by atomic mass is 9.96. The van der Waals surface area contributed by atoms with Crippen molar-refractivity contribution in [2.24, 2.45) is 0 Å². The van der Waals surface area contributed by atoms with E-state index in [9.17, 15) is 9.59 Å². The standard InChI is InChI=1S/C18H18O5/c1-12-15(16(19)21-2)10-14(23-12)11-22-17(20)18(8-9-18)13-6-4-3-5-7-13/h3-7,10H,8-9,11H2,1-2H3. The molecule has 1 fully saturated rings. The Morgan fingerprint density at radius 3 is 2.52 bits per heavy atom. The molecular weight excluding hydrogens is 296 g/mol. The van der Waals surface area contributed by atoms with Crippen molar-refractivity contribution in [1.82, 2.24) is 0 Å². The minimum atomic E-state index is -0.520. The zero-order chi connectivity index (χ0) is 16.4. The van der Waals surface area contributed by atoms with Gasteiger partial charge in [0.05, 0.1) is 12.5 Å². The highest BCUT2D eigenvalue weighted by atomic mass is 16.5. The number of rotatable bonds is 5. The van der Waals surface area contributed by atoms with Crippen LogP contribution in [-0.2, 0) is 26.3 Å². The van der Waals surface area contributed by atoms with Gasteiger partial charge in [0.25, 0.3) is 0 Å². The first kappa shape index (κ1) is 15.3. The molecule has 1 aromatic carbocycles. The number of esters is 2. The number of hydrogen-bond acceptors (Lipinski definition) is 5. The molecule has 1 heterocycles. The van der Waals surface area contributed by atoms with Gasteiger partial charge in [-0.15, -0.1) is 0 Å². The first-order chi connectivity index (χ1) is 11.1. The maximum Gasteiger partial charge on any atom is 0.341 e. The molecule has 0 saturated heterocycles. The van der Waals surface area contributed by atoms with E-state index in [1.54, 1.807) is 13.0 Å². The number of carbonyl (C=O) groups is 2. The number of hydrogen-bond donors (Lipinski definition) is 0. The first-order valence-electron chi connectivity index (χ1n) is 7.47. The van der Waals surface area contributed by atoms with Crippen LogP contribution in [0.3, 0.4) is 0 Å². The number of carbonyl (C=O) groups excluding carboxylic acids is 2. The van der Waals surface area contributed by atoms with Crippen LogP contribution in [0.5, 0.6) is 0 Å². The smallest absolute Gasteiger partial charge is 0.341 e. The molecule has 0 atom stereocenters. The molecule has 1 saturated carbocycles. The van der Waals surface area contributed by atoms with Crippen molar-refractivity contribution >= 4 is 11.9 Å². The van der Waals surface area contributed by atoms with E-state index in [1.165, 1.54) is 7.11 Å². The van der Waals surface area contributed by atoms with Crippen LogP contribution in [0, 0.1) is 6.92 Å². The van der Waals surface area contributed by atoms with Crippen LogP contribution in [0.1, 0.15) is 40.3 Å². The maximum atomic E-state index is 12.4. The summed E-state index contributed by atoms with van der Waals surface area (Å²) in [5.74, 6) is 0.163. The lowest BCUT2D eigenvalue weighted by Crippen LogP contribution is -2.23. The van der Waals surface area contributed by atoms with Gasteiger partial charge in [-0.1, -0.05) is 30.3 Å². The molecule has 3 rings (SSSR count). The molecule has 5 nitrogen and oxygen atoms in total. The Bertz CT molecular complexity index is 725. The molecule has 2 aromatic rings. The van der Waals surface area contributed by atoms with Crippen LogP contribution in [0.4, 0.5) is 0 Å². The fraction of sp³-hybridized carbons (Fsp3) is 0.333. The van der Waals surface area contributed by atoms with E-state index in [4.69, 9.17) is 9.15 Å². The zero-order valence-corrected chi connectivity index (χ0v) is 13.1. The lowest BCUT2D eigenvalue weighted by molar-refractivity contribution is -0.148. The van der Waals surface area contributed by atoms with Gasteiger partial charge in [-0.05, 0) is 31.4 Å². The third kappa shape index (κ3) is 2.86. The Morgan fingerprint density at radius 1 is 1.22 bits per heavy atom. The average molecular weight is 314 g/mol. The normalized spacial score (nSPS) is 15.0. The highest BCUT2D eigenvalue weighted by Gasteiger charge is 2.52. The summed E-state index contributed by atoms with van der Waals surface area (Å²) < 4.78 is 15.5. The second-order valence-corrected chi connectivity index (χ2v) is 5.70. The Morgan fingerprint density at radius 2 is 1.91 bits per heavy atom. The molecule has 23 heavy (non-hydrogen) atoms. The van der Waals surface area contributed by atoms with Crippen molar-refractivity contribution in [2.45, 2.75) is 31.8 Å². The molecular formula is C18H18O5. The number of aryl methyl sites for hydroxylation is 1. The van der Waals surface area contributed by atoms with E-state index in [0.29, 0.717) is 17.1 Å². The summed E-state index contributed by atoms with van der Waals surface area (Å²) in [5.41, 5.74) is 0.812. The fourth-order valence-electron chi connectivity index (χ4n) is 2.70. The summed E-state index contributed by atoms with van der Waals surface area (Å²) in [4.78, 5) is 24.0. The van der Waals surface area contributed by atoms with Gasteiger partial charge in [-0.2, -0.15) is 0 Å². The summed E-state index contributed by atoms with van der Waals surface area (Å²) in [6, 6.07) is 11.2. The van der Waals surface area contributed by atoms with Crippen molar-refractivity contribution in [3.05, 3.63) is 59.0 Å². The summed E-state index contributed by atoms with van der Waals surface area (Å²) in [7, 11) is 1.31. The molecule has 5 heteroatoms. The van der Waals surface area contributed by atoms with Gasteiger partial charge < -0.3 is 13.9 Å². The molecule has 0 unspecified atom stereocenters. The molecule has 1 aliphatic carbocycles. The molecule has 0 radical (unpaired) electrons. The topological polar surface area (TPSA) is 65.7 Å². The van der Waals surface area contributed by atoms with Gasteiger partial charge in [-0.25, -0.2) is 4.79 Å². The van der Waals surface area contributed by atoms with Crippen molar-refractivity contribution < 1.29 is 23.5 Å². The molecule has 0 aliphatic heterocycles. The minimum Gasteiger partial charge on any atom is -0.465 e. The van der Waals surface area contributed by atoms with Gasteiger partial charge in [0.2, 0.25) is 0 Å². The summed E-state index contributed by atoms with van der Waals surface area (Å²) >= 11 is 0. The van der Waals surface area contributed by atoms with E-state index in [-0.39, 0.29) is 12.6 Å². The van der Waals surface area contributed by atoms with Crippen molar-refractivity contribution in [3.63, 3.8) is 0 Å². The van der Waals surface area contributed by atoms with Gasteiger partial charge >= 0.3 is 11.9 Å². The average Bonchev–Trinajstić information content (AvgIpc) is 3.31. The van der Waals surface area contributed by atoms with Gasteiger partial charge in [0.15, 0.2) is 0 Å². The number of benzene rings is 1. The second kappa shape index (κ2) is 5.91. The quantitative estimate of drug-likeness (QED) is 0.793. The molecule has 0 N–H and O–H groups in total. The predicted molar refractivity (Wildman–Crippen MR) is 81.9 cm³/mol. The van der Waals surface area contributed by atoms with Crippen LogP contribution in [0.25, 0.3) is 0 Å². The van der Waals surface area contributed by atoms with Crippen LogP contribution < -0.4 is 0 Å². The largest absolute Gasteiger partial charge is 0.465 e. The van der Waals surface area contributed by atoms with E-state index in [1.807, 2.05) is 30.3 Å². The highest BCUT2D eigenvalue weighted by molar-refractivity contribution is 5.90. The first-order valence-corrected chi connectivity index (χ1v) is 7.47. The Balaban J connectivity index is 1.67. The third-order valence-corrected chi connectivity index (χ3v) is 4.19. The fourth-order valence-corrected chi connectivity index (χ4v) is 2.70. The monoisotopic (exact) mass is 314 g/mol. The van der Waals surface area contributed by atoms with Crippen LogP contribution in [-0.4, -0.2) is 19.0 Å². The Kier molecular flexibility index (Phi) is 3.94. The molecule has 1 aromatic heterocycles. The van der Waals surface area contributed by atoms with Crippen LogP contribution >= 0.6 is 0 Å². The van der Waals surface area contributed by atoms with Crippen molar-refractivity contribution in [3.8, 4) is 0 Å². The molecule has 0 spiro atoms. The summed E-state index contributed by atoms with van der Waals surface area (Å²) in [5, 5.41) is 0. The van der Waals surface area contributed by atoms with Gasteiger partial charge in [0.1, 0.15) is 23.7 Å². The molecule has 0 bridgehead atoms. The molecule has 0 amide bonds. The third-order valence-electron chi connectivity index (χ3n) is 4.19. The SMILES string of the molecule is COC(=O)c1cc(COC(=O)C2(c3ccccc3)CC2)oc1C. The van der Waals surface area contributed by atoms with E-state index in [0.717, 1.165) is 18.4 Å². The maximum absolute atomic E-state index is 12.4. The zero-order valence-electron chi connectivity index (χ0n) is 13.1. The van der Waals surface area contributed by atoms with E-state index >= 15 is 0 Å². The van der Waals surface area contributed by atoms with Crippen molar-refractivity contribution in [2.75, 3.05) is 7.11 Å². The van der Waals surface area contributed by atoms with E-state index in [2.05, 4.69) is 4.74 Å². The molecule has 1 aliphatic rings. The lowest BCUT2D eigenvalue weighted by Gasteiger charge is -2.14. The Hall–Kier alpha value is -2.56. The Labute approximate surface area is 134 Å². The predicted octanol–water partition coefficient (Wildman–Crippen LogP) is 3.15. The number of furan rings is 1. The van der Waals surface area contributed by atoms with Gasteiger partial charge in [0, 0.05) is 0 Å².